The van der Waals surface area contributed by atoms with Crippen molar-refractivity contribution in [3.05, 3.63) is 30.5 Å². The highest BCUT2D eigenvalue weighted by molar-refractivity contribution is 7.89. The Hall–Kier alpha value is -1.37. The van der Waals surface area contributed by atoms with Crippen LogP contribution >= 0.6 is 0 Å². The Labute approximate surface area is 111 Å². The molecule has 1 aromatic heterocycles. The maximum Gasteiger partial charge on any atom is 0.242 e. The Morgan fingerprint density at radius 3 is 2.68 bits per heavy atom. The van der Waals surface area contributed by atoms with Crippen molar-refractivity contribution in [2.24, 2.45) is 7.05 Å². The van der Waals surface area contributed by atoms with Crippen molar-refractivity contribution in [2.45, 2.75) is 29.9 Å². The van der Waals surface area contributed by atoms with Gasteiger partial charge >= 0.3 is 0 Å². The summed E-state index contributed by atoms with van der Waals surface area (Å²) in [5, 5.41) is 9.94. The van der Waals surface area contributed by atoms with Crippen LogP contribution in [0, 0.1) is 0 Å². The average Bonchev–Trinajstić information content (AvgIpc) is 2.66. The molecule has 1 aliphatic carbocycles. The summed E-state index contributed by atoms with van der Waals surface area (Å²) in [5.41, 5.74) is 0.886. The molecular weight excluding hydrogens is 264 g/mol. The first-order valence-corrected chi connectivity index (χ1v) is 7.70. The van der Waals surface area contributed by atoms with Crippen LogP contribution in [-0.4, -0.2) is 30.2 Å². The van der Waals surface area contributed by atoms with Gasteiger partial charge in [-0.05, 0) is 18.9 Å². The first-order chi connectivity index (χ1) is 8.97. The Bertz CT molecular complexity index is 715. The van der Waals surface area contributed by atoms with Crippen LogP contribution in [0.1, 0.15) is 12.8 Å². The first-order valence-electron chi connectivity index (χ1n) is 6.22. The maximum absolute atomic E-state index is 12.4. The molecule has 1 saturated carbocycles. The number of rotatable bonds is 3. The molecule has 19 heavy (non-hydrogen) atoms. The second-order valence-corrected chi connectivity index (χ2v) is 6.75. The second-order valence-electron chi connectivity index (χ2n) is 5.06. The van der Waals surface area contributed by atoms with Gasteiger partial charge in [0.25, 0.3) is 0 Å². The Balaban J connectivity index is 1.99. The zero-order valence-electron chi connectivity index (χ0n) is 10.6. The molecule has 0 radical (unpaired) electrons. The van der Waals surface area contributed by atoms with Crippen LogP contribution in [0.15, 0.2) is 35.4 Å². The summed E-state index contributed by atoms with van der Waals surface area (Å²) in [6.07, 6.45) is 2.23. The molecule has 1 heterocycles. The Kier molecular flexibility index (Phi) is 2.88. The number of hydrogen-bond acceptors (Lipinski definition) is 3. The highest BCUT2D eigenvalue weighted by atomic mass is 32.2. The highest BCUT2D eigenvalue weighted by Crippen LogP contribution is 2.27. The summed E-state index contributed by atoms with van der Waals surface area (Å²) in [6.45, 7) is 0. The predicted octanol–water partition coefficient (Wildman–Crippen LogP) is 0.980. The number of aromatic nitrogens is 1. The molecule has 1 aliphatic rings. The van der Waals surface area contributed by atoms with Crippen LogP contribution in [0.2, 0.25) is 0 Å². The molecule has 2 aromatic rings. The number of aliphatic hydroxyl groups excluding tert-OH is 1. The van der Waals surface area contributed by atoms with Gasteiger partial charge in [-0.15, -0.1) is 0 Å². The topological polar surface area (TPSA) is 71.3 Å². The van der Waals surface area contributed by atoms with Crippen LogP contribution < -0.4 is 4.72 Å². The molecule has 0 aliphatic heterocycles. The molecule has 0 unspecified atom stereocenters. The van der Waals surface area contributed by atoms with Crippen molar-refractivity contribution in [3.63, 3.8) is 0 Å². The van der Waals surface area contributed by atoms with Gasteiger partial charge in [0.2, 0.25) is 10.0 Å². The summed E-state index contributed by atoms with van der Waals surface area (Å²) < 4.78 is 29.2. The van der Waals surface area contributed by atoms with E-state index in [1.165, 1.54) is 0 Å². The highest BCUT2D eigenvalue weighted by Gasteiger charge is 2.32. The monoisotopic (exact) mass is 280 g/mol. The number of aryl methyl sites for hydroxylation is 1. The lowest BCUT2D eigenvalue weighted by Gasteiger charge is -2.31. The van der Waals surface area contributed by atoms with E-state index < -0.39 is 10.0 Å². The minimum Gasteiger partial charge on any atom is -0.393 e. The number of para-hydroxylation sites is 1. The number of hydrogen-bond donors (Lipinski definition) is 2. The summed E-state index contributed by atoms with van der Waals surface area (Å²) in [6, 6.07) is 7.25. The van der Waals surface area contributed by atoms with Crippen LogP contribution in [0.4, 0.5) is 0 Å². The summed E-state index contributed by atoms with van der Waals surface area (Å²) in [5.74, 6) is 0. The molecule has 6 heteroatoms. The van der Waals surface area contributed by atoms with Gasteiger partial charge in [0.05, 0.1) is 6.10 Å². The lowest BCUT2D eigenvalue weighted by molar-refractivity contribution is 0.0712. The fourth-order valence-corrected chi connectivity index (χ4v) is 4.00. The van der Waals surface area contributed by atoms with E-state index in [9.17, 15) is 13.5 Å². The summed E-state index contributed by atoms with van der Waals surface area (Å²) in [4.78, 5) is 0.298. The zero-order valence-corrected chi connectivity index (χ0v) is 11.4. The fraction of sp³-hybridized carbons (Fsp3) is 0.385. The van der Waals surface area contributed by atoms with E-state index in [0.717, 1.165) is 10.9 Å². The molecule has 2 N–H and O–H groups in total. The summed E-state index contributed by atoms with van der Waals surface area (Å²) in [7, 11) is -1.70. The van der Waals surface area contributed by atoms with Crippen molar-refractivity contribution in [1.82, 2.24) is 9.29 Å². The van der Waals surface area contributed by atoms with E-state index in [-0.39, 0.29) is 12.1 Å². The van der Waals surface area contributed by atoms with Gasteiger partial charge in [-0.3, -0.25) is 0 Å². The number of sulfonamides is 1. The van der Waals surface area contributed by atoms with Gasteiger partial charge in [-0.1, -0.05) is 18.2 Å². The van der Waals surface area contributed by atoms with Crippen molar-refractivity contribution in [3.8, 4) is 0 Å². The smallest absolute Gasteiger partial charge is 0.242 e. The number of fused-ring (bicyclic) bond motifs is 1. The average molecular weight is 280 g/mol. The van der Waals surface area contributed by atoms with Crippen LogP contribution in [0.25, 0.3) is 10.9 Å². The lowest BCUT2D eigenvalue weighted by Crippen LogP contribution is -2.46. The van der Waals surface area contributed by atoms with Gasteiger partial charge in [-0.25, -0.2) is 13.1 Å². The standard InChI is InChI=1S/C13H16N2O3S/c1-15-8-13(11-4-2-3-5-12(11)15)19(17,18)14-9-6-10(16)7-9/h2-5,8-10,14,16H,6-7H2,1H3/t9-,10-. The van der Waals surface area contributed by atoms with Crippen LogP contribution in [0.5, 0.6) is 0 Å². The van der Waals surface area contributed by atoms with Crippen molar-refractivity contribution in [2.75, 3.05) is 0 Å². The Morgan fingerprint density at radius 1 is 1.32 bits per heavy atom. The second kappa shape index (κ2) is 4.33. The fourth-order valence-electron chi connectivity index (χ4n) is 2.49. The molecule has 1 fully saturated rings. The molecule has 102 valence electrons. The van der Waals surface area contributed by atoms with E-state index in [4.69, 9.17) is 0 Å². The lowest BCUT2D eigenvalue weighted by atomic mass is 9.91. The number of benzene rings is 1. The molecule has 5 nitrogen and oxygen atoms in total. The van der Waals surface area contributed by atoms with Gasteiger partial charge in [0.1, 0.15) is 4.90 Å². The van der Waals surface area contributed by atoms with E-state index in [1.807, 2.05) is 25.2 Å². The molecule has 1 aromatic carbocycles. The zero-order chi connectivity index (χ0) is 13.6. The molecular formula is C13H16N2O3S. The normalized spacial score (nSPS) is 23.5. The molecule has 3 rings (SSSR count). The summed E-state index contributed by atoms with van der Waals surface area (Å²) >= 11 is 0. The SMILES string of the molecule is Cn1cc(S(=O)(=O)N[C@H]2C[C@H](O)C2)c2ccccc21. The molecule has 0 amide bonds. The third kappa shape index (κ3) is 2.16. The molecule has 0 atom stereocenters. The Morgan fingerprint density at radius 2 is 2.00 bits per heavy atom. The minimum atomic E-state index is -3.53. The maximum atomic E-state index is 12.4. The van der Waals surface area contributed by atoms with Crippen LogP contribution in [0.3, 0.4) is 0 Å². The number of nitrogens with one attached hydrogen (secondary N) is 1. The van der Waals surface area contributed by atoms with Gasteiger partial charge in [0, 0.05) is 30.2 Å². The predicted molar refractivity (Wildman–Crippen MR) is 72.3 cm³/mol. The van der Waals surface area contributed by atoms with E-state index in [2.05, 4.69) is 4.72 Å². The van der Waals surface area contributed by atoms with Gasteiger partial charge in [-0.2, -0.15) is 0 Å². The van der Waals surface area contributed by atoms with Crippen molar-refractivity contribution >= 4 is 20.9 Å². The largest absolute Gasteiger partial charge is 0.393 e. The van der Waals surface area contributed by atoms with Gasteiger partial charge in [0.15, 0.2) is 0 Å². The van der Waals surface area contributed by atoms with Crippen molar-refractivity contribution < 1.29 is 13.5 Å². The van der Waals surface area contributed by atoms with Crippen LogP contribution in [-0.2, 0) is 17.1 Å². The third-order valence-corrected chi connectivity index (χ3v) is 5.13. The minimum absolute atomic E-state index is 0.154. The number of aliphatic hydroxyl groups is 1. The third-order valence-electron chi connectivity index (χ3n) is 3.58. The van der Waals surface area contributed by atoms with Crippen molar-refractivity contribution in [1.29, 1.82) is 0 Å². The number of nitrogens with zero attached hydrogens (tertiary/aromatic N) is 1. The van der Waals surface area contributed by atoms with E-state index in [0.29, 0.717) is 17.7 Å². The van der Waals surface area contributed by atoms with E-state index in [1.54, 1.807) is 16.8 Å². The molecule has 0 saturated heterocycles. The van der Waals surface area contributed by atoms with Gasteiger partial charge < -0.3 is 9.67 Å². The quantitative estimate of drug-likeness (QED) is 0.880. The first kappa shape index (κ1) is 12.7. The molecule has 0 spiro atoms. The molecule has 0 bridgehead atoms. The van der Waals surface area contributed by atoms with E-state index >= 15 is 0 Å².